The van der Waals surface area contributed by atoms with Gasteiger partial charge in [-0.25, -0.2) is 0 Å². The van der Waals surface area contributed by atoms with E-state index in [0.717, 1.165) is 56.9 Å². The molecule has 7 heteroatoms. The molecule has 2 fully saturated rings. The molecule has 6 nitrogen and oxygen atoms in total. The third-order valence-corrected chi connectivity index (χ3v) is 7.72. The van der Waals surface area contributed by atoms with E-state index < -0.39 is 0 Å². The lowest BCUT2D eigenvalue weighted by atomic mass is 9.90. The normalized spacial score (nSPS) is 17.9. The Morgan fingerprint density at radius 3 is 2.49 bits per heavy atom. The van der Waals surface area contributed by atoms with Crippen molar-refractivity contribution in [3.8, 4) is 0 Å². The first-order valence-electron chi connectivity index (χ1n) is 12.9. The van der Waals surface area contributed by atoms with Crippen molar-refractivity contribution >= 4 is 29.1 Å². The van der Waals surface area contributed by atoms with Crippen molar-refractivity contribution in [2.75, 3.05) is 44.2 Å². The number of rotatable bonds is 8. The van der Waals surface area contributed by atoms with E-state index in [0.29, 0.717) is 24.7 Å². The molecule has 188 valence electrons. The van der Waals surface area contributed by atoms with Crippen molar-refractivity contribution in [2.24, 2.45) is 11.8 Å². The number of aromatic nitrogens is 1. The molecule has 0 radical (unpaired) electrons. The van der Waals surface area contributed by atoms with Crippen LogP contribution in [0, 0.1) is 11.8 Å². The van der Waals surface area contributed by atoms with Gasteiger partial charge in [0.05, 0.1) is 0 Å². The number of amides is 2. The number of benzene rings is 1. The van der Waals surface area contributed by atoms with Gasteiger partial charge >= 0.3 is 0 Å². The van der Waals surface area contributed by atoms with Gasteiger partial charge in [-0.1, -0.05) is 23.7 Å². The summed E-state index contributed by atoms with van der Waals surface area (Å²) in [5.74, 6) is 0.922. The number of hydrogen-bond acceptors (Lipinski definition) is 4. The highest BCUT2D eigenvalue weighted by atomic mass is 35.5. The lowest BCUT2D eigenvalue weighted by molar-refractivity contribution is -0.133. The minimum atomic E-state index is -0.0483. The maximum Gasteiger partial charge on any atom is 0.230 e. The fraction of sp³-hybridized carbons (Fsp3) is 0.536. The van der Waals surface area contributed by atoms with Crippen molar-refractivity contribution in [1.29, 1.82) is 0 Å². The maximum absolute atomic E-state index is 13.5. The predicted octanol–water partition coefficient (Wildman–Crippen LogP) is 4.67. The van der Waals surface area contributed by atoms with E-state index >= 15 is 0 Å². The molecular formula is C28H37ClN4O2. The summed E-state index contributed by atoms with van der Waals surface area (Å²) in [4.78, 5) is 35.8. The molecule has 35 heavy (non-hydrogen) atoms. The number of piperidine rings is 2. The molecule has 3 heterocycles. The van der Waals surface area contributed by atoms with Crippen LogP contribution in [0.3, 0.4) is 0 Å². The third-order valence-electron chi connectivity index (χ3n) is 7.49. The molecule has 2 aliphatic rings. The molecule has 2 amide bonds. The number of pyridine rings is 1. The summed E-state index contributed by atoms with van der Waals surface area (Å²) < 4.78 is 0. The smallest absolute Gasteiger partial charge is 0.230 e. The molecule has 0 spiro atoms. The highest BCUT2D eigenvalue weighted by Crippen LogP contribution is 2.26. The van der Waals surface area contributed by atoms with Gasteiger partial charge in [-0.2, -0.15) is 0 Å². The summed E-state index contributed by atoms with van der Waals surface area (Å²) in [5.41, 5.74) is 2.20. The van der Waals surface area contributed by atoms with Crippen LogP contribution in [0.1, 0.15) is 44.6 Å². The van der Waals surface area contributed by atoms with Gasteiger partial charge in [-0.3, -0.25) is 14.6 Å². The zero-order chi connectivity index (χ0) is 24.6. The number of anilines is 1. The maximum atomic E-state index is 13.5. The standard InChI is InChI=1S/C28H37ClN4O2/c1-22(34)32-17-10-25(11-18-32)28(35)33(27-7-2-6-26(29)20-27)14-4-13-31-15-8-23(9-16-31)19-24-5-3-12-30-21-24/h2-3,5-7,12,20-21,23,25H,4,8-11,13-19H2,1H3. The molecule has 0 unspecified atom stereocenters. The van der Waals surface area contributed by atoms with E-state index in [1.807, 2.05) is 52.5 Å². The minimum Gasteiger partial charge on any atom is -0.343 e. The van der Waals surface area contributed by atoms with E-state index in [4.69, 9.17) is 11.6 Å². The summed E-state index contributed by atoms with van der Waals surface area (Å²) in [6, 6.07) is 11.8. The second-order valence-electron chi connectivity index (χ2n) is 9.95. The minimum absolute atomic E-state index is 0.0483. The summed E-state index contributed by atoms with van der Waals surface area (Å²) in [5, 5.41) is 0.641. The fourth-order valence-electron chi connectivity index (χ4n) is 5.39. The first-order chi connectivity index (χ1) is 17.0. The van der Waals surface area contributed by atoms with E-state index in [-0.39, 0.29) is 17.7 Å². The average Bonchev–Trinajstić information content (AvgIpc) is 2.88. The number of halogens is 1. The van der Waals surface area contributed by atoms with Gasteiger partial charge in [0.2, 0.25) is 11.8 Å². The van der Waals surface area contributed by atoms with Crippen LogP contribution in [0.25, 0.3) is 0 Å². The number of carbonyl (C=O) groups is 2. The monoisotopic (exact) mass is 496 g/mol. The fourth-order valence-corrected chi connectivity index (χ4v) is 5.58. The number of hydrogen-bond donors (Lipinski definition) is 0. The van der Waals surface area contributed by atoms with Gasteiger partial charge in [-0.15, -0.1) is 0 Å². The summed E-state index contributed by atoms with van der Waals surface area (Å²) >= 11 is 6.27. The molecule has 2 aromatic rings. The van der Waals surface area contributed by atoms with Crippen LogP contribution < -0.4 is 4.90 Å². The molecule has 0 bridgehead atoms. The molecule has 2 aliphatic heterocycles. The van der Waals surface area contributed by atoms with Crippen LogP contribution in [0.15, 0.2) is 48.8 Å². The number of carbonyl (C=O) groups excluding carboxylic acids is 2. The van der Waals surface area contributed by atoms with Gasteiger partial charge in [0.25, 0.3) is 0 Å². The molecule has 4 rings (SSSR count). The van der Waals surface area contributed by atoms with Crippen molar-refractivity contribution in [2.45, 2.75) is 45.4 Å². The second-order valence-corrected chi connectivity index (χ2v) is 10.4. The van der Waals surface area contributed by atoms with Gasteiger partial charge in [0.15, 0.2) is 0 Å². The van der Waals surface area contributed by atoms with Crippen molar-refractivity contribution in [3.05, 3.63) is 59.4 Å². The second kappa shape index (κ2) is 12.5. The van der Waals surface area contributed by atoms with Gasteiger partial charge in [0, 0.05) is 55.6 Å². The summed E-state index contributed by atoms with van der Waals surface area (Å²) in [7, 11) is 0. The lowest BCUT2D eigenvalue weighted by Gasteiger charge is -2.35. The van der Waals surface area contributed by atoms with Crippen LogP contribution in [-0.2, 0) is 16.0 Å². The first-order valence-corrected chi connectivity index (χ1v) is 13.3. The molecule has 0 N–H and O–H groups in total. The average molecular weight is 497 g/mol. The van der Waals surface area contributed by atoms with E-state index in [1.54, 1.807) is 6.92 Å². The third kappa shape index (κ3) is 7.28. The van der Waals surface area contributed by atoms with Crippen LogP contribution in [0.5, 0.6) is 0 Å². The van der Waals surface area contributed by atoms with Crippen molar-refractivity contribution < 1.29 is 9.59 Å². The van der Waals surface area contributed by atoms with Crippen molar-refractivity contribution in [1.82, 2.24) is 14.8 Å². The Kier molecular flexibility index (Phi) is 9.16. The molecular weight excluding hydrogens is 460 g/mol. The van der Waals surface area contributed by atoms with Crippen LogP contribution >= 0.6 is 11.6 Å². The predicted molar refractivity (Wildman–Crippen MR) is 141 cm³/mol. The SMILES string of the molecule is CC(=O)N1CCC(C(=O)N(CCCN2CCC(Cc3cccnc3)CC2)c2cccc(Cl)c2)CC1. The zero-order valence-electron chi connectivity index (χ0n) is 20.7. The van der Waals surface area contributed by atoms with E-state index in [2.05, 4.69) is 16.0 Å². The highest BCUT2D eigenvalue weighted by molar-refractivity contribution is 6.30. The Morgan fingerprint density at radius 1 is 1.06 bits per heavy atom. The molecule has 1 aromatic heterocycles. The zero-order valence-corrected chi connectivity index (χ0v) is 21.5. The van der Waals surface area contributed by atoms with Crippen LogP contribution in [0.2, 0.25) is 5.02 Å². The van der Waals surface area contributed by atoms with Gasteiger partial charge in [-0.05, 0) is 93.9 Å². The Bertz CT molecular complexity index is 970. The molecule has 2 saturated heterocycles. The van der Waals surface area contributed by atoms with Gasteiger partial charge < -0.3 is 14.7 Å². The Labute approximate surface area is 214 Å². The highest BCUT2D eigenvalue weighted by Gasteiger charge is 2.30. The molecule has 0 aliphatic carbocycles. The Balaban J connectivity index is 1.29. The largest absolute Gasteiger partial charge is 0.343 e. The quantitative estimate of drug-likeness (QED) is 0.533. The Hall–Kier alpha value is -2.44. The van der Waals surface area contributed by atoms with Crippen LogP contribution in [-0.4, -0.2) is 65.9 Å². The molecule has 0 atom stereocenters. The Morgan fingerprint density at radius 2 is 1.83 bits per heavy atom. The summed E-state index contributed by atoms with van der Waals surface area (Å²) in [6.07, 6.45) is 9.72. The summed E-state index contributed by atoms with van der Waals surface area (Å²) in [6.45, 7) is 6.81. The molecule has 0 saturated carbocycles. The first kappa shape index (κ1) is 25.6. The lowest BCUT2D eigenvalue weighted by Crippen LogP contribution is -2.45. The van der Waals surface area contributed by atoms with E-state index in [1.165, 1.54) is 18.4 Å². The number of likely N-dealkylation sites (tertiary alicyclic amines) is 2. The van der Waals surface area contributed by atoms with E-state index in [9.17, 15) is 9.59 Å². The van der Waals surface area contributed by atoms with Gasteiger partial charge in [0.1, 0.15) is 0 Å². The number of nitrogens with zero attached hydrogens (tertiary/aromatic N) is 4. The van der Waals surface area contributed by atoms with Crippen LogP contribution in [0.4, 0.5) is 5.69 Å². The molecule has 1 aromatic carbocycles. The topological polar surface area (TPSA) is 56.8 Å². The van der Waals surface area contributed by atoms with Crippen molar-refractivity contribution in [3.63, 3.8) is 0 Å².